The minimum atomic E-state index is -0.458. The highest BCUT2D eigenvalue weighted by Gasteiger charge is 2.20. The zero-order valence-corrected chi connectivity index (χ0v) is 16.7. The molecule has 1 heterocycles. The number of benzene rings is 2. The summed E-state index contributed by atoms with van der Waals surface area (Å²) in [6, 6.07) is 14.9. The van der Waals surface area contributed by atoms with Crippen LogP contribution in [-0.4, -0.2) is 38.1 Å². The number of carbonyl (C=O) groups excluding carboxylic acids is 2. The number of nitrogens with one attached hydrogen (secondary N) is 2. The van der Waals surface area contributed by atoms with Crippen LogP contribution in [0.1, 0.15) is 36.0 Å². The van der Waals surface area contributed by atoms with Gasteiger partial charge in [-0.05, 0) is 56.5 Å². The van der Waals surface area contributed by atoms with Gasteiger partial charge in [0.15, 0.2) is 0 Å². The van der Waals surface area contributed by atoms with Crippen LogP contribution in [0.15, 0.2) is 48.5 Å². The number of hydrogen-bond acceptors (Lipinski definition) is 4. The molecule has 1 fully saturated rings. The molecule has 1 aliphatic rings. The van der Waals surface area contributed by atoms with E-state index in [1.165, 1.54) is 0 Å². The van der Waals surface area contributed by atoms with Crippen LogP contribution < -0.4 is 21.1 Å². The summed E-state index contributed by atoms with van der Waals surface area (Å²) in [5, 5.41) is 6.31. The van der Waals surface area contributed by atoms with Gasteiger partial charge in [0.1, 0.15) is 5.75 Å². The molecule has 4 N–H and O–H groups in total. The van der Waals surface area contributed by atoms with Gasteiger partial charge in [-0.1, -0.05) is 36.4 Å². The number of nitrogens with two attached hydrogens (primary N) is 1. The number of piperidine rings is 1. The molecule has 6 heteroatoms. The van der Waals surface area contributed by atoms with Crippen molar-refractivity contribution in [3.63, 3.8) is 0 Å². The summed E-state index contributed by atoms with van der Waals surface area (Å²) in [5.41, 5.74) is 7.61. The average Bonchev–Trinajstić information content (AvgIpc) is 2.77. The van der Waals surface area contributed by atoms with E-state index in [0.29, 0.717) is 18.7 Å². The molecule has 6 nitrogen and oxygen atoms in total. The summed E-state index contributed by atoms with van der Waals surface area (Å²) in [5.74, 6) is 0.574. The predicted octanol–water partition coefficient (Wildman–Crippen LogP) is 2.73. The van der Waals surface area contributed by atoms with Crippen LogP contribution in [0.3, 0.4) is 0 Å². The first kappa shape index (κ1) is 20.9. The van der Waals surface area contributed by atoms with E-state index < -0.39 is 5.91 Å². The van der Waals surface area contributed by atoms with Gasteiger partial charge in [0.25, 0.3) is 0 Å². The number of ether oxygens (including phenoxy) is 1. The fourth-order valence-electron chi connectivity index (χ4n) is 3.60. The first-order valence-corrected chi connectivity index (χ1v) is 10.3. The van der Waals surface area contributed by atoms with Crippen molar-refractivity contribution in [1.29, 1.82) is 0 Å². The number of carbonyl (C=O) groups is 2. The number of para-hydroxylation sites is 1. The second-order valence-electron chi connectivity index (χ2n) is 7.28. The highest BCUT2D eigenvalue weighted by molar-refractivity contribution is 6.00. The lowest BCUT2D eigenvalue weighted by Gasteiger charge is -2.21. The van der Waals surface area contributed by atoms with E-state index in [1.807, 2.05) is 36.4 Å². The standard InChI is InChI=1S/C23H29N3O3/c24-22(27)20-9-2-1-7-18(20)19-8-3-4-10-21(19)29-16-6-5-13-26-23(28)17-11-14-25-15-12-17/h1-4,7-10,17,25H,5-6,11-16H2,(H2,24,27)(H,26,28). The molecule has 2 aromatic rings. The number of amides is 2. The van der Waals surface area contributed by atoms with Gasteiger partial charge in [0.05, 0.1) is 6.61 Å². The third-order valence-electron chi connectivity index (χ3n) is 5.21. The molecular formula is C23H29N3O3. The first-order valence-electron chi connectivity index (χ1n) is 10.3. The van der Waals surface area contributed by atoms with Crippen LogP contribution >= 0.6 is 0 Å². The fraction of sp³-hybridized carbons (Fsp3) is 0.391. The summed E-state index contributed by atoms with van der Waals surface area (Å²) < 4.78 is 5.98. The summed E-state index contributed by atoms with van der Waals surface area (Å²) >= 11 is 0. The van der Waals surface area contributed by atoms with Gasteiger partial charge < -0.3 is 21.1 Å². The van der Waals surface area contributed by atoms with Gasteiger partial charge in [-0.25, -0.2) is 0 Å². The van der Waals surface area contributed by atoms with E-state index >= 15 is 0 Å². The number of hydrogen-bond donors (Lipinski definition) is 3. The molecule has 0 aromatic heterocycles. The molecule has 0 saturated carbocycles. The van der Waals surface area contributed by atoms with E-state index in [9.17, 15) is 9.59 Å². The van der Waals surface area contributed by atoms with E-state index in [4.69, 9.17) is 10.5 Å². The summed E-state index contributed by atoms with van der Waals surface area (Å²) in [4.78, 5) is 23.9. The summed E-state index contributed by atoms with van der Waals surface area (Å²) in [6.07, 6.45) is 3.52. The maximum Gasteiger partial charge on any atom is 0.249 e. The Morgan fingerprint density at radius 2 is 1.69 bits per heavy atom. The van der Waals surface area contributed by atoms with Crippen molar-refractivity contribution < 1.29 is 14.3 Å². The third kappa shape index (κ3) is 5.81. The molecule has 0 aliphatic carbocycles. The Morgan fingerprint density at radius 3 is 2.45 bits per heavy atom. The highest BCUT2D eigenvalue weighted by Crippen LogP contribution is 2.32. The molecule has 0 atom stereocenters. The molecule has 3 rings (SSSR count). The van der Waals surface area contributed by atoms with Gasteiger partial charge in [0, 0.05) is 23.6 Å². The van der Waals surface area contributed by atoms with E-state index in [-0.39, 0.29) is 11.8 Å². The van der Waals surface area contributed by atoms with Gasteiger partial charge in [-0.3, -0.25) is 9.59 Å². The average molecular weight is 396 g/mol. The van der Waals surface area contributed by atoms with Crippen molar-refractivity contribution >= 4 is 11.8 Å². The lowest BCUT2D eigenvalue weighted by Crippen LogP contribution is -2.38. The SMILES string of the molecule is NC(=O)c1ccccc1-c1ccccc1OCCCCNC(=O)C1CCNCC1. The van der Waals surface area contributed by atoms with Crippen LogP contribution in [0.2, 0.25) is 0 Å². The summed E-state index contributed by atoms with van der Waals surface area (Å²) in [7, 11) is 0. The van der Waals surface area contributed by atoms with E-state index in [2.05, 4.69) is 10.6 Å². The highest BCUT2D eigenvalue weighted by atomic mass is 16.5. The smallest absolute Gasteiger partial charge is 0.249 e. The lowest BCUT2D eigenvalue weighted by molar-refractivity contribution is -0.125. The van der Waals surface area contributed by atoms with Gasteiger partial charge in [-0.2, -0.15) is 0 Å². The van der Waals surface area contributed by atoms with Gasteiger partial charge in [0.2, 0.25) is 11.8 Å². The second kappa shape index (κ2) is 10.6. The molecule has 2 amide bonds. The fourth-order valence-corrected chi connectivity index (χ4v) is 3.60. The van der Waals surface area contributed by atoms with Crippen molar-refractivity contribution in [2.75, 3.05) is 26.2 Å². The molecule has 1 saturated heterocycles. The van der Waals surface area contributed by atoms with Crippen LogP contribution in [-0.2, 0) is 4.79 Å². The van der Waals surface area contributed by atoms with E-state index in [0.717, 1.165) is 55.6 Å². The molecule has 154 valence electrons. The normalized spacial score (nSPS) is 14.3. The Hall–Kier alpha value is -2.86. The number of unbranched alkanes of at least 4 members (excludes halogenated alkanes) is 1. The van der Waals surface area contributed by atoms with Crippen molar-refractivity contribution in [2.24, 2.45) is 11.7 Å². The minimum Gasteiger partial charge on any atom is -0.493 e. The molecule has 0 spiro atoms. The molecule has 2 aromatic carbocycles. The third-order valence-corrected chi connectivity index (χ3v) is 5.21. The maximum atomic E-state index is 12.1. The summed E-state index contributed by atoms with van der Waals surface area (Å²) in [6.45, 7) is 3.05. The predicted molar refractivity (Wildman–Crippen MR) is 114 cm³/mol. The number of rotatable bonds is 9. The molecular weight excluding hydrogens is 366 g/mol. The molecule has 0 bridgehead atoms. The molecule has 1 aliphatic heterocycles. The Morgan fingerprint density at radius 1 is 1.00 bits per heavy atom. The second-order valence-corrected chi connectivity index (χ2v) is 7.28. The minimum absolute atomic E-state index is 0.143. The monoisotopic (exact) mass is 395 g/mol. The zero-order chi connectivity index (χ0) is 20.5. The van der Waals surface area contributed by atoms with Crippen molar-refractivity contribution in [2.45, 2.75) is 25.7 Å². The van der Waals surface area contributed by atoms with Crippen molar-refractivity contribution in [1.82, 2.24) is 10.6 Å². The first-order chi connectivity index (χ1) is 14.2. The Bertz CT molecular complexity index is 832. The quantitative estimate of drug-likeness (QED) is 0.569. The molecule has 0 radical (unpaired) electrons. The number of primary amides is 1. The van der Waals surface area contributed by atoms with Gasteiger partial charge >= 0.3 is 0 Å². The lowest BCUT2D eigenvalue weighted by atomic mass is 9.97. The van der Waals surface area contributed by atoms with Crippen LogP contribution in [0.4, 0.5) is 0 Å². The Balaban J connectivity index is 1.48. The van der Waals surface area contributed by atoms with Crippen LogP contribution in [0.25, 0.3) is 11.1 Å². The molecule has 29 heavy (non-hydrogen) atoms. The van der Waals surface area contributed by atoms with Crippen molar-refractivity contribution in [3.8, 4) is 16.9 Å². The topological polar surface area (TPSA) is 93.5 Å². The Kier molecular flexibility index (Phi) is 7.64. The van der Waals surface area contributed by atoms with Crippen molar-refractivity contribution in [3.05, 3.63) is 54.1 Å². The zero-order valence-electron chi connectivity index (χ0n) is 16.7. The van der Waals surface area contributed by atoms with Gasteiger partial charge in [-0.15, -0.1) is 0 Å². The van der Waals surface area contributed by atoms with E-state index in [1.54, 1.807) is 12.1 Å². The molecule has 0 unspecified atom stereocenters. The van der Waals surface area contributed by atoms with Crippen LogP contribution in [0, 0.1) is 5.92 Å². The largest absolute Gasteiger partial charge is 0.493 e. The maximum absolute atomic E-state index is 12.1. The van der Waals surface area contributed by atoms with Crippen LogP contribution in [0.5, 0.6) is 5.75 Å². The Labute approximate surface area is 171 Å².